The maximum atomic E-state index is 12.1. The van der Waals surface area contributed by atoms with E-state index in [0.717, 1.165) is 6.42 Å². The highest BCUT2D eigenvalue weighted by Gasteiger charge is 2.23. The van der Waals surface area contributed by atoms with Crippen molar-refractivity contribution in [2.45, 2.75) is 44.8 Å². The number of rotatable bonds is 7. The minimum atomic E-state index is -0.230. The van der Waals surface area contributed by atoms with Crippen LogP contribution in [0.4, 0.5) is 4.79 Å². The fraction of sp³-hybridized carbons (Fsp3) is 0.526. The van der Waals surface area contributed by atoms with E-state index in [-0.39, 0.29) is 36.2 Å². The topological polar surface area (TPSA) is 73.4 Å². The predicted octanol–water partition coefficient (Wildman–Crippen LogP) is 2.35. The molecule has 5 nitrogen and oxygen atoms in total. The SMILES string of the molecule is CC(NC(C)(C)CNC(=O)N[C@@H]1C=C[C@H](CO)C1)c1ccccc1. The second-order valence-corrected chi connectivity index (χ2v) is 7.16. The zero-order valence-electron chi connectivity index (χ0n) is 14.8. The van der Waals surface area contributed by atoms with Crippen LogP contribution in [-0.2, 0) is 0 Å². The van der Waals surface area contributed by atoms with Crippen LogP contribution in [-0.4, -0.2) is 35.9 Å². The number of benzene rings is 1. The van der Waals surface area contributed by atoms with E-state index < -0.39 is 0 Å². The Hall–Kier alpha value is -1.85. The first-order valence-corrected chi connectivity index (χ1v) is 8.56. The molecule has 4 N–H and O–H groups in total. The molecule has 1 aromatic carbocycles. The molecular weight excluding hydrogens is 302 g/mol. The first-order valence-electron chi connectivity index (χ1n) is 8.56. The van der Waals surface area contributed by atoms with E-state index in [9.17, 15) is 4.79 Å². The Labute approximate surface area is 144 Å². The number of carbonyl (C=O) groups excluding carboxylic acids is 1. The van der Waals surface area contributed by atoms with Crippen molar-refractivity contribution in [2.24, 2.45) is 5.92 Å². The van der Waals surface area contributed by atoms with E-state index in [2.05, 4.69) is 48.9 Å². The van der Waals surface area contributed by atoms with Crippen LogP contribution in [0.15, 0.2) is 42.5 Å². The number of nitrogens with one attached hydrogen (secondary N) is 3. The van der Waals surface area contributed by atoms with Gasteiger partial charge in [-0.25, -0.2) is 4.79 Å². The molecule has 132 valence electrons. The summed E-state index contributed by atoms with van der Waals surface area (Å²) in [4.78, 5) is 12.1. The molecule has 1 unspecified atom stereocenters. The minimum Gasteiger partial charge on any atom is -0.396 e. The second-order valence-electron chi connectivity index (χ2n) is 7.16. The molecular formula is C19H29N3O2. The van der Waals surface area contributed by atoms with Crippen molar-refractivity contribution in [1.82, 2.24) is 16.0 Å². The van der Waals surface area contributed by atoms with Gasteiger partial charge in [0.2, 0.25) is 0 Å². The highest BCUT2D eigenvalue weighted by atomic mass is 16.3. The summed E-state index contributed by atoms with van der Waals surface area (Å²) < 4.78 is 0. The van der Waals surface area contributed by atoms with Gasteiger partial charge in [-0.1, -0.05) is 42.5 Å². The van der Waals surface area contributed by atoms with Crippen LogP contribution in [0.3, 0.4) is 0 Å². The average molecular weight is 331 g/mol. The number of carbonyl (C=O) groups is 1. The van der Waals surface area contributed by atoms with Crippen LogP contribution in [0.1, 0.15) is 38.8 Å². The zero-order chi connectivity index (χ0) is 17.6. The number of aliphatic hydroxyl groups excluding tert-OH is 1. The fourth-order valence-corrected chi connectivity index (χ4v) is 3.00. The Kier molecular flexibility index (Phi) is 6.40. The lowest BCUT2D eigenvalue weighted by molar-refractivity contribution is 0.227. The maximum absolute atomic E-state index is 12.1. The smallest absolute Gasteiger partial charge is 0.315 e. The van der Waals surface area contributed by atoms with E-state index in [0.29, 0.717) is 6.54 Å². The monoisotopic (exact) mass is 331 g/mol. The van der Waals surface area contributed by atoms with Gasteiger partial charge in [-0.2, -0.15) is 0 Å². The Morgan fingerprint density at radius 1 is 1.29 bits per heavy atom. The molecule has 0 heterocycles. The summed E-state index contributed by atoms with van der Waals surface area (Å²) in [5.41, 5.74) is 0.993. The number of aliphatic hydroxyl groups is 1. The van der Waals surface area contributed by atoms with Crippen molar-refractivity contribution in [2.75, 3.05) is 13.2 Å². The van der Waals surface area contributed by atoms with Crippen molar-refractivity contribution in [3.8, 4) is 0 Å². The van der Waals surface area contributed by atoms with Crippen LogP contribution >= 0.6 is 0 Å². The van der Waals surface area contributed by atoms with Gasteiger partial charge in [0.15, 0.2) is 0 Å². The summed E-state index contributed by atoms with van der Waals surface area (Å²) in [5, 5.41) is 18.5. The lowest BCUT2D eigenvalue weighted by Crippen LogP contribution is -2.52. The molecule has 3 atom stereocenters. The van der Waals surface area contributed by atoms with Gasteiger partial charge in [-0.3, -0.25) is 0 Å². The molecule has 0 aromatic heterocycles. The number of hydrogen-bond acceptors (Lipinski definition) is 3. The third-order valence-corrected chi connectivity index (χ3v) is 4.32. The molecule has 0 spiro atoms. The summed E-state index contributed by atoms with van der Waals surface area (Å²) in [6, 6.07) is 10.3. The second kappa shape index (κ2) is 8.31. The van der Waals surface area contributed by atoms with Crippen LogP contribution in [0, 0.1) is 5.92 Å². The summed E-state index contributed by atoms with van der Waals surface area (Å²) in [5.74, 6) is 0.153. The van der Waals surface area contributed by atoms with Crippen molar-refractivity contribution >= 4 is 6.03 Å². The van der Waals surface area contributed by atoms with E-state index in [4.69, 9.17) is 5.11 Å². The quantitative estimate of drug-likeness (QED) is 0.580. The number of urea groups is 1. The summed E-state index contributed by atoms with van der Waals surface area (Å²) in [6.07, 6.45) is 4.66. The molecule has 2 amide bonds. The molecule has 0 fully saturated rings. The van der Waals surface area contributed by atoms with Crippen LogP contribution in [0.5, 0.6) is 0 Å². The highest BCUT2D eigenvalue weighted by Crippen LogP contribution is 2.17. The molecule has 5 heteroatoms. The van der Waals surface area contributed by atoms with Gasteiger partial charge in [-0.15, -0.1) is 0 Å². The van der Waals surface area contributed by atoms with E-state index in [1.54, 1.807) is 0 Å². The summed E-state index contributed by atoms with van der Waals surface area (Å²) in [7, 11) is 0. The van der Waals surface area contributed by atoms with Gasteiger partial charge in [0.25, 0.3) is 0 Å². The summed E-state index contributed by atoms with van der Waals surface area (Å²) >= 11 is 0. The first-order chi connectivity index (χ1) is 11.4. The molecule has 2 rings (SSSR count). The van der Waals surface area contributed by atoms with Gasteiger partial charge >= 0.3 is 6.03 Å². The van der Waals surface area contributed by atoms with Crippen molar-refractivity contribution in [1.29, 1.82) is 0 Å². The van der Waals surface area contributed by atoms with Gasteiger partial charge in [0.05, 0.1) is 0 Å². The van der Waals surface area contributed by atoms with E-state index >= 15 is 0 Å². The van der Waals surface area contributed by atoms with Gasteiger partial charge < -0.3 is 21.1 Å². The van der Waals surface area contributed by atoms with Crippen molar-refractivity contribution < 1.29 is 9.90 Å². The zero-order valence-corrected chi connectivity index (χ0v) is 14.8. The normalized spacial score (nSPS) is 21.5. The molecule has 24 heavy (non-hydrogen) atoms. The predicted molar refractivity (Wildman–Crippen MR) is 96.7 cm³/mol. The van der Waals surface area contributed by atoms with Gasteiger partial charge in [0, 0.05) is 36.7 Å². The third kappa shape index (κ3) is 5.65. The molecule has 1 aromatic rings. The highest BCUT2D eigenvalue weighted by molar-refractivity contribution is 5.74. The first kappa shape index (κ1) is 18.5. The van der Waals surface area contributed by atoms with Crippen LogP contribution in [0.25, 0.3) is 0 Å². The lowest BCUT2D eigenvalue weighted by Gasteiger charge is -2.31. The number of amides is 2. The van der Waals surface area contributed by atoms with E-state index in [1.165, 1.54) is 5.56 Å². The molecule has 0 radical (unpaired) electrons. The molecule has 1 aliphatic rings. The van der Waals surface area contributed by atoms with Gasteiger partial charge in [-0.05, 0) is 32.8 Å². The standard InChI is InChI=1S/C19H29N3O2/c1-14(16-7-5-4-6-8-16)22-19(2,3)13-20-18(24)21-17-10-9-15(11-17)12-23/h4-10,14-15,17,22-23H,11-13H2,1-3H3,(H2,20,21,24)/t14?,15-,17+/m0/s1. The third-order valence-electron chi connectivity index (χ3n) is 4.32. The minimum absolute atomic E-state index is 0.00136. The van der Waals surface area contributed by atoms with Crippen molar-refractivity contribution in [3.05, 3.63) is 48.0 Å². The van der Waals surface area contributed by atoms with E-state index in [1.807, 2.05) is 30.4 Å². The average Bonchev–Trinajstić information content (AvgIpc) is 3.01. The molecule has 1 aliphatic carbocycles. The van der Waals surface area contributed by atoms with Crippen LogP contribution < -0.4 is 16.0 Å². The lowest BCUT2D eigenvalue weighted by atomic mass is 10.0. The molecule has 0 saturated heterocycles. The maximum Gasteiger partial charge on any atom is 0.315 e. The van der Waals surface area contributed by atoms with Crippen LogP contribution in [0.2, 0.25) is 0 Å². The Bertz CT molecular complexity index is 557. The van der Waals surface area contributed by atoms with Gasteiger partial charge in [0.1, 0.15) is 0 Å². The largest absolute Gasteiger partial charge is 0.396 e. The molecule has 0 aliphatic heterocycles. The molecule has 0 saturated carbocycles. The summed E-state index contributed by atoms with van der Waals surface area (Å²) in [6.45, 7) is 6.92. The number of hydrogen-bond donors (Lipinski definition) is 4. The Balaban J connectivity index is 1.75. The Morgan fingerprint density at radius 3 is 2.62 bits per heavy atom. The van der Waals surface area contributed by atoms with Crippen molar-refractivity contribution in [3.63, 3.8) is 0 Å². The molecule has 0 bridgehead atoms. The Morgan fingerprint density at radius 2 is 2.00 bits per heavy atom. The fourth-order valence-electron chi connectivity index (χ4n) is 3.00.